The number of rotatable bonds is 8. The fraction of sp³-hybridized carbons (Fsp3) is 0.385. The molecule has 33 heavy (non-hydrogen) atoms. The van der Waals surface area contributed by atoms with Crippen LogP contribution in [0.1, 0.15) is 49.9 Å². The van der Waals surface area contributed by atoms with Crippen molar-refractivity contribution in [1.82, 2.24) is 15.0 Å². The second-order valence-electron chi connectivity index (χ2n) is 8.67. The first kappa shape index (κ1) is 22.7. The van der Waals surface area contributed by atoms with Gasteiger partial charge in [-0.05, 0) is 69.1 Å². The second-order valence-corrected chi connectivity index (χ2v) is 8.67. The zero-order valence-corrected chi connectivity index (χ0v) is 19.4. The smallest absolute Gasteiger partial charge is 0.258 e. The molecule has 1 aromatic heterocycles. The van der Waals surface area contributed by atoms with Crippen LogP contribution in [0, 0.1) is 17.2 Å². The van der Waals surface area contributed by atoms with Gasteiger partial charge in [0.25, 0.3) is 5.89 Å². The minimum absolute atomic E-state index is 0.0308. The van der Waals surface area contributed by atoms with Crippen molar-refractivity contribution in [3.63, 3.8) is 0 Å². The van der Waals surface area contributed by atoms with Crippen LogP contribution in [0.4, 0.5) is 0 Å². The van der Waals surface area contributed by atoms with Crippen LogP contribution in [0.15, 0.2) is 40.9 Å². The van der Waals surface area contributed by atoms with Crippen molar-refractivity contribution in [2.45, 2.75) is 45.8 Å². The van der Waals surface area contributed by atoms with Crippen LogP contribution in [0.5, 0.6) is 5.75 Å². The maximum absolute atomic E-state index is 11.3. The first-order valence-electron chi connectivity index (χ1n) is 11.3. The Hall–Kier alpha value is -3.50. The second kappa shape index (κ2) is 9.55. The first-order valence-corrected chi connectivity index (χ1v) is 11.3. The summed E-state index contributed by atoms with van der Waals surface area (Å²) < 4.78 is 11.3. The van der Waals surface area contributed by atoms with Crippen LogP contribution in [-0.2, 0) is 11.2 Å². The van der Waals surface area contributed by atoms with Gasteiger partial charge in [-0.15, -0.1) is 0 Å². The van der Waals surface area contributed by atoms with E-state index >= 15 is 0 Å². The topological polar surface area (TPSA) is 92.2 Å². The maximum Gasteiger partial charge on any atom is 0.258 e. The summed E-state index contributed by atoms with van der Waals surface area (Å²) in [5.74, 6) is 1.61. The number of aromatic nitrogens is 2. The van der Waals surface area contributed by atoms with Crippen molar-refractivity contribution >= 4 is 6.29 Å². The van der Waals surface area contributed by atoms with Crippen molar-refractivity contribution in [1.29, 1.82) is 5.26 Å². The summed E-state index contributed by atoms with van der Waals surface area (Å²) in [6.07, 6.45) is 2.29. The van der Waals surface area contributed by atoms with Crippen molar-refractivity contribution in [3.8, 4) is 34.7 Å². The highest BCUT2D eigenvalue weighted by atomic mass is 16.5. The molecule has 0 bridgehead atoms. The molecular weight excluding hydrogens is 416 g/mol. The number of ether oxygens (including phenoxy) is 1. The van der Waals surface area contributed by atoms with Gasteiger partial charge in [-0.3, -0.25) is 4.90 Å². The Balaban J connectivity index is 1.69. The Morgan fingerprint density at radius 2 is 2.15 bits per heavy atom. The van der Waals surface area contributed by atoms with E-state index in [4.69, 9.17) is 9.26 Å². The van der Waals surface area contributed by atoms with Gasteiger partial charge in [0.2, 0.25) is 5.82 Å². The zero-order chi connectivity index (χ0) is 23.5. The number of carbonyl (C=O) groups is 1. The Labute approximate surface area is 194 Å². The number of aldehydes is 1. The van der Waals surface area contributed by atoms with Gasteiger partial charge in [0, 0.05) is 23.6 Å². The molecule has 0 radical (unpaired) electrons. The quantitative estimate of drug-likeness (QED) is 0.460. The third-order valence-corrected chi connectivity index (χ3v) is 6.19. The summed E-state index contributed by atoms with van der Waals surface area (Å²) >= 11 is 0. The summed E-state index contributed by atoms with van der Waals surface area (Å²) in [6.45, 7) is 6.85. The van der Waals surface area contributed by atoms with Crippen LogP contribution >= 0.6 is 0 Å². The Kier molecular flexibility index (Phi) is 6.57. The first-order chi connectivity index (χ1) is 16.0. The molecule has 1 aliphatic carbocycles. The molecule has 1 aliphatic rings. The van der Waals surface area contributed by atoms with Gasteiger partial charge in [-0.1, -0.05) is 30.3 Å². The molecule has 0 spiro atoms. The largest absolute Gasteiger partial charge is 0.490 e. The number of nitrogens with zero attached hydrogens (tertiary/aromatic N) is 4. The van der Waals surface area contributed by atoms with Crippen LogP contribution in [0.3, 0.4) is 0 Å². The molecule has 170 valence electrons. The van der Waals surface area contributed by atoms with E-state index in [1.165, 1.54) is 11.1 Å². The van der Waals surface area contributed by atoms with Crippen LogP contribution in [-0.4, -0.2) is 41.0 Å². The van der Waals surface area contributed by atoms with Crippen molar-refractivity contribution in [2.24, 2.45) is 5.92 Å². The van der Waals surface area contributed by atoms with Crippen LogP contribution < -0.4 is 4.74 Å². The molecule has 1 heterocycles. The molecule has 0 saturated heterocycles. The lowest BCUT2D eigenvalue weighted by Gasteiger charge is -2.28. The molecular formula is C26H28N4O3. The number of hydrogen-bond acceptors (Lipinski definition) is 7. The van der Waals surface area contributed by atoms with Crippen molar-refractivity contribution in [3.05, 3.63) is 53.1 Å². The van der Waals surface area contributed by atoms with E-state index in [1.807, 2.05) is 32.0 Å². The highest BCUT2D eigenvalue weighted by Crippen LogP contribution is 2.44. The highest BCUT2D eigenvalue weighted by Gasteiger charge is 2.36. The minimum atomic E-state index is -0.0308. The Morgan fingerprint density at radius 3 is 2.85 bits per heavy atom. The predicted molar refractivity (Wildman–Crippen MR) is 125 cm³/mol. The number of nitriles is 1. The van der Waals surface area contributed by atoms with Gasteiger partial charge in [0.15, 0.2) is 0 Å². The molecule has 3 aromatic rings. The van der Waals surface area contributed by atoms with Crippen molar-refractivity contribution < 1.29 is 14.1 Å². The van der Waals surface area contributed by atoms with E-state index in [9.17, 15) is 10.1 Å². The zero-order valence-electron chi connectivity index (χ0n) is 19.4. The molecule has 0 saturated carbocycles. The lowest BCUT2D eigenvalue weighted by atomic mass is 9.96. The standard InChI is InChI=1S/C26H28N4O3/c1-5-30(4)24-17(11-12-31)14-22-20(24)7-6-8-21(22)25-28-26(33-29-25)18-9-10-23(32-16(2)3)19(13-18)15-27/h6-10,12-13,16-17,24H,5,11,14H2,1-4H3/t17-,24-/m1/s1. The Bertz CT molecular complexity index is 1190. The van der Waals surface area contributed by atoms with E-state index < -0.39 is 0 Å². The predicted octanol–water partition coefficient (Wildman–Crippen LogP) is 4.82. The van der Waals surface area contributed by atoms with E-state index in [2.05, 4.69) is 41.1 Å². The fourth-order valence-electron chi connectivity index (χ4n) is 4.63. The summed E-state index contributed by atoms with van der Waals surface area (Å²) in [6, 6.07) is 13.8. The van der Waals surface area contributed by atoms with E-state index in [0.717, 1.165) is 24.8 Å². The maximum atomic E-state index is 11.3. The van der Waals surface area contributed by atoms with Crippen LogP contribution in [0.2, 0.25) is 0 Å². The van der Waals surface area contributed by atoms with E-state index in [1.54, 1.807) is 12.1 Å². The summed E-state index contributed by atoms with van der Waals surface area (Å²) in [7, 11) is 2.09. The van der Waals surface area contributed by atoms with Gasteiger partial charge < -0.3 is 14.1 Å². The molecule has 4 rings (SSSR count). The average molecular weight is 445 g/mol. The van der Waals surface area contributed by atoms with Crippen molar-refractivity contribution in [2.75, 3.05) is 13.6 Å². The molecule has 7 nitrogen and oxygen atoms in total. The van der Waals surface area contributed by atoms with Crippen LogP contribution in [0.25, 0.3) is 22.8 Å². The third-order valence-electron chi connectivity index (χ3n) is 6.19. The minimum Gasteiger partial charge on any atom is -0.490 e. The Morgan fingerprint density at radius 1 is 1.33 bits per heavy atom. The monoisotopic (exact) mass is 444 g/mol. The number of hydrogen-bond donors (Lipinski definition) is 0. The fourth-order valence-corrected chi connectivity index (χ4v) is 4.63. The number of benzene rings is 2. The number of fused-ring (bicyclic) bond motifs is 1. The lowest BCUT2D eigenvalue weighted by molar-refractivity contribution is -0.109. The van der Waals surface area contributed by atoms with Gasteiger partial charge in [0.1, 0.15) is 18.1 Å². The molecule has 0 N–H and O–H groups in total. The normalized spacial score (nSPS) is 17.2. The molecule has 2 atom stereocenters. The van der Waals surface area contributed by atoms with Gasteiger partial charge in [-0.2, -0.15) is 10.2 Å². The van der Waals surface area contributed by atoms with E-state index in [-0.39, 0.29) is 18.1 Å². The van der Waals surface area contributed by atoms with E-state index in [0.29, 0.717) is 35.0 Å². The SMILES string of the molecule is CCN(C)[C@H]1c2cccc(-c3noc(-c4ccc(OC(C)C)c(C#N)c4)n3)c2C[C@H]1CC=O. The van der Waals surface area contributed by atoms with Gasteiger partial charge in [-0.25, -0.2) is 0 Å². The molecule has 0 amide bonds. The van der Waals surface area contributed by atoms with Gasteiger partial charge >= 0.3 is 0 Å². The third kappa shape index (κ3) is 4.39. The average Bonchev–Trinajstić information content (AvgIpc) is 3.43. The molecule has 2 aromatic carbocycles. The summed E-state index contributed by atoms with van der Waals surface area (Å²) in [5.41, 5.74) is 4.39. The summed E-state index contributed by atoms with van der Waals surface area (Å²) in [5, 5.41) is 13.8. The highest BCUT2D eigenvalue weighted by molar-refractivity contribution is 5.67. The number of carbonyl (C=O) groups excluding carboxylic acids is 1. The molecule has 0 aliphatic heterocycles. The molecule has 7 heteroatoms. The van der Waals surface area contributed by atoms with Gasteiger partial charge in [0.05, 0.1) is 11.7 Å². The summed E-state index contributed by atoms with van der Waals surface area (Å²) in [4.78, 5) is 18.3. The lowest BCUT2D eigenvalue weighted by Crippen LogP contribution is -2.28. The molecule has 0 fully saturated rings. The molecule has 0 unspecified atom stereocenters.